The van der Waals surface area contributed by atoms with Crippen LogP contribution in [0.1, 0.15) is 58.8 Å². The summed E-state index contributed by atoms with van der Waals surface area (Å²) in [7, 11) is 0. The third-order valence-corrected chi connectivity index (χ3v) is 7.95. The summed E-state index contributed by atoms with van der Waals surface area (Å²) in [6.45, 7) is 6.38. The number of piperidine rings is 1. The minimum Gasteiger partial charge on any atom is -0.368 e. The fourth-order valence-electron chi connectivity index (χ4n) is 6.40. The quantitative estimate of drug-likeness (QED) is 0.702. The molecule has 9 unspecified atom stereocenters. The molecule has 2 saturated heterocycles. The lowest BCUT2D eigenvalue weighted by atomic mass is 9.67. The fraction of sp³-hybridized carbons (Fsp3) is 0.955. The molecule has 2 N–H and O–H groups in total. The molecule has 0 aromatic heterocycles. The first kappa shape index (κ1) is 20.7. The second kappa shape index (κ2) is 9.07. The van der Waals surface area contributed by atoms with Crippen LogP contribution in [0.3, 0.4) is 0 Å². The number of hydrogen-bond acceptors (Lipinski definition) is 5. The van der Waals surface area contributed by atoms with Gasteiger partial charge in [0.25, 0.3) is 0 Å². The van der Waals surface area contributed by atoms with Gasteiger partial charge < -0.3 is 9.84 Å². The van der Waals surface area contributed by atoms with E-state index in [1.54, 1.807) is 0 Å². The maximum absolute atomic E-state index is 14.0. The number of alkyl halides is 1. The Hall–Kier alpha value is -0.560. The molecule has 9 atom stereocenters. The fourth-order valence-corrected chi connectivity index (χ4v) is 6.40. The van der Waals surface area contributed by atoms with Crippen molar-refractivity contribution < 1.29 is 14.2 Å². The van der Waals surface area contributed by atoms with Crippen molar-refractivity contribution >= 4 is 6.21 Å². The molecular formula is C22H38FN3O2. The normalized spacial score (nSPS) is 45.7. The standard InChI is InChI=1S/C22H38FN3O2/c1-3-28-22(27)18-13-25-26-10-8-15(12-20(18)26)17-5-4-9-24-21(17)16-6-7-19(23)14(2)11-16/h9,14-22,25,27H,3-8,10-13H2,1-2H3. The highest BCUT2D eigenvalue weighted by Crippen LogP contribution is 2.44. The average molecular weight is 396 g/mol. The lowest BCUT2D eigenvalue weighted by Crippen LogP contribution is -2.49. The van der Waals surface area contributed by atoms with E-state index < -0.39 is 12.5 Å². The van der Waals surface area contributed by atoms with Gasteiger partial charge in [-0.3, -0.25) is 10.4 Å². The number of fused-ring (bicyclic) bond motifs is 1. The van der Waals surface area contributed by atoms with Crippen molar-refractivity contribution in [1.82, 2.24) is 10.4 Å². The summed E-state index contributed by atoms with van der Waals surface area (Å²) < 4.78 is 19.5. The lowest BCUT2D eigenvalue weighted by molar-refractivity contribution is -0.137. The topological polar surface area (TPSA) is 57.1 Å². The van der Waals surface area contributed by atoms with Crippen molar-refractivity contribution in [1.29, 1.82) is 0 Å². The van der Waals surface area contributed by atoms with Crippen LogP contribution in [-0.2, 0) is 4.74 Å². The highest BCUT2D eigenvalue weighted by Gasteiger charge is 2.46. The molecule has 0 spiro atoms. The number of aliphatic hydroxyl groups excluding tert-OH is 1. The Morgan fingerprint density at radius 2 is 2.11 bits per heavy atom. The van der Waals surface area contributed by atoms with Gasteiger partial charge in [-0.05, 0) is 81.8 Å². The molecule has 1 aliphatic carbocycles. The Kier molecular flexibility index (Phi) is 6.70. The molecule has 0 aromatic rings. The van der Waals surface area contributed by atoms with Crippen LogP contribution in [0, 0.1) is 29.6 Å². The van der Waals surface area contributed by atoms with E-state index in [2.05, 4.69) is 23.6 Å². The number of rotatable bonds is 5. The second-order valence-corrected chi connectivity index (χ2v) is 9.55. The summed E-state index contributed by atoms with van der Waals surface area (Å²) in [5.74, 6) is 2.08. The largest absolute Gasteiger partial charge is 0.368 e. The maximum atomic E-state index is 14.0. The molecule has 0 aromatic carbocycles. The Balaban J connectivity index is 1.44. The lowest BCUT2D eigenvalue weighted by Gasteiger charge is -2.45. The summed E-state index contributed by atoms with van der Waals surface area (Å²) in [6, 6.07) is 0.706. The van der Waals surface area contributed by atoms with Crippen LogP contribution in [0.4, 0.5) is 4.39 Å². The Morgan fingerprint density at radius 3 is 2.89 bits per heavy atom. The van der Waals surface area contributed by atoms with Gasteiger partial charge in [-0.1, -0.05) is 6.92 Å². The van der Waals surface area contributed by atoms with E-state index in [4.69, 9.17) is 9.73 Å². The van der Waals surface area contributed by atoms with Gasteiger partial charge in [-0.25, -0.2) is 9.40 Å². The first-order valence-corrected chi connectivity index (χ1v) is 11.5. The van der Waals surface area contributed by atoms with Crippen molar-refractivity contribution in [3.8, 4) is 0 Å². The number of nitrogens with zero attached hydrogens (tertiary/aromatic N) is 2. The van der Waals surface area contributed by atoms with Crippen LogP contribution in [0.5, 0.6) is 0 Å². The third kappa shape index (κ3) is 4.16. The molecule has 0 amide bonds. The summed E-state index contributed by atoms with van der Waals surface area (Å²) >= 11 is 0. The third-order valence-electron chi connectivity index (χ3n) is 7.95. The van der Waals surface area contributed by atoms with E-state index in [9.17, 15) is 9.50 Å². The van der Waals surface area contributed by atoms with Gasteiger partial charge in [0, 0.05) is 31.7 Å². The Morgan fingerprint density at radius 1 is 1.25 bits per heavy atom. The van der Waals surface area contributed by atoms with Crippen LogP contribution in [-0.4, -0.2) is 60.6 Å². The number of hydrazine groups is 1. The van der Waals surface area contributed by atoms with Crippen LogP contribution < -0.4 is 5.43 Å². The predicted molar refractivity (Wildman–Crippen MR) is 109 cm³/mol. The molecule has 3 aliphatic heterocycles. The summed E-state index contributed by atoms with van der Waals surface area (Å²) in [5.41, 5.74) is 3.48. The summed E-state index contributed by atoms with van der Waals surface area (Å²) in [4.78, 5) is 4.99. The maximum Gasteiger partial charge on any atom is 0.160 e. The first-order valence-electron chi connectivity index (χ1n) is 11.5. The smallest absolute Gasteiger partial charge is 0.160 e. The zero-order valence-corrected chi connectivity index (χ0v) is 17.5. The zero-order valence-electron chi connectivity index (χ0n) is 17.5. The molecule has 5 nitrogen and oxygen atoms in total. The molecule has 4 rings (SSSR count). The van der Waals surface area contributed by atoms with Crippen LogP contribution in [0.15, 0.2) is 4.99 Å². The Bertz CT molecular complexity index is 548. The molecule has 4 aliphatic rings. The number of halogens is 1. The molecule has 3 fully saturated rings. The number of hydrogen-bond donors (Lipinski definition) is 2. The van der Waals surface area contributed by atoms with E-state index >= 15 is 0 Å². The van der Waals surface area contributed by atoms with E-state index in [-0.39, 0.29) is 11.8 Å². The van der Waals surface area contributed by atoms with E-state index in [1.165, 1.54) is 12.8 Å². The number of ether oxygens (including phenoxy) is 1. The van der Waals surface area contributed by atoms with Gasteiger partial charge in [-0.2, -0.15) is 0 Å². The average Bonchev–Trinajstić information content (AvgIpc) is 3.13. The predicted octanol–water partition coefficient (Wildman–Crippen LogP) is 3.18. The van der Waals surface area contributed by atoms with Gasteiger partial charge >= 0.3 is 0 Å². The molecule has 3 heterocycles. The minimum atomic E-state index is -0.688. The number of aliphatic imine (C=N–C) groups is 1. The number of aliphatic hydroxyl groups is 1. The van der Waals surface area contributed by atoms with Crippen molar-refractivity contribution in [2.24, 2.45) is 34.6 Å². The summed E-state index contributed by atoms with van der Waals surface area (Å²) in [5, 5.41) is 12.8. The van der Waals surface area contributed by atoms with Gasteiger partial charge in [0.15, 0.2) is 6.29 Å². The molecule has 1 saturated carbocycles. The highest BCUT2D eigenvalue weighted by molar-refractivity contribution is 5.58. The van der Waals surface area contributed by atoms with Gasteiger partial charge in [0.05, 0.1) is 6.04 Å². The number of nitrogens with one attached hydrogen (secondary N) is 1. The zero-order chi connectivity index (χ0) is 19.7. The van der Waals surface area contributed by atoms with Crippen molar-refractivity contribution in [2.75, 3.05) is 19.7 Å². The van der Waals surface area contributed by atoms with Crippen LogP contribution in [0.2, 0.25) is 0 Å². The van der Waals surface area contributed by atoms with E-state index in [0.29, 0.717) is 42.9 Å². The van der Waals surface area contributed by atoms with Crippen LogP contribution >= 0.6 is 0 Å². The highest BCUT2D eigenvalue weighted by atomic mass is 19.1. The molecule has 0 radical (unpaired) electrons. The molecular weight excluding hydrogens is 357 g/mol. The second-order valence-electron chi connectivity index (χ2n) is 9.55. The SMILES string of the molecule is CCOC(O)C1CNN2CCC(C3CCC=NC3C3CCC(F)C(C)C3)CC12. The van der Waals surface area contributed by atoms with Gasteiger partial charge in [0.1, 0.15) is 6.17 Å². The van der Waals surface area contributed by atoms with E-state index in [0.717, 1.165) is 38.8 Å². The van der Waals surface area contributed by atoms with Gasteiger partial charge in [-0.15, -0.1) is 0 Å². The van der Waals surface area contributed by atoms with Crippen LogP contribution in [0.25, 0.3) is 0 Å². The monoisotopic (exact) mass is 395 g/mol. The molecule has 160 valence electrons. The Labute approximate surface area is 169 Å². The van der Waals surface area contributed by atoms with Crippen molar-refractivity contribution in [3.63, 3.8) is 0 Å². The first-order chi connectivity index (χ1) is 13.6. The molecule has 0 bridgehead atoms. The van der Waals surface area contributed by atoms with Gasteiger partial charge in [0.2, 0.25) is 0 Å². The minimum absolute atomic E-state index is 0.135. The molecule has 28 heavy (non-hydrogen) atoms. The molecule has 6 heteroatoms. The van der Waals surface area contributed by atoms with Crippen molar-refractivity contribution in [2.45, 2.75) is 83.3 Å². The van der Waals surface area contributed by atoms with Crippen molar-refractivity contribution in [3.05, 3.63) is 0 Å². The summed E-state index contributed by atoms with van der Waals surface area (Å²) in [6.07, 6.45) is 8.06. The van der Waals surface area contributed by atoms with E-state index in [1.807, 2.05) is 6.92 Å².